The average molecular weight is 207 g/mol. The predicted molar refractivity (Wildman–Crippen MR) is 51.8 cm³/mol. The molecule has 0 aliphatic carbocycles. The van der Waals surface area contributed by atoms with Crippen LogP contribution in [-0.2, 0) is 4.79 Å². The maximum Gasteiger partial charge on any atom is 0.418 e. The Morgan fingerprint density at radius 1 is 1.40 bits per heavy atom. The molecule has 2 N–H and O–H groups in total. The highest BCUT2D eigenvalue weighted by molar-refractivity contribution is 6.18. The first-order valence-corrected chi connectivity index (χ1v) is 4.43. The highest BCUT2D eigenvalue weighted by atomic mass is 16.4. The second-order valence-corrected chi connectivity index (χ2v) is 3.25. The Balaban J connectivity index is 2.56. The molecular formula is C10H9NO4. The van der Waals surface area contributed by atoms with E-state index in [9.17, 15) is 9.59 Å². The summed E-state index contributed by atoms with van der Waals surface area (Å²) in [5, 5.41) is 17.9. The van der Waals surface area contributed by atoms with Crippen LogP contribution >= 0.6 is 0 Å². The van der Waals surface area contributed by atoms with Gasteiger partial charge in [0.1, 0.15) is 0 Å². The van der Waals surface area contributed by atoms with Gasteiger partial charge in [0.15, 0.2) is 0 Å². The summed E-state index contributed by atoms with van der Waals surface area (Å²) in [5.74, 6) is -1.34. The van der Waals surface area contributed by atoms with Gasteiger partial charge in [-0.15, -0.1) is 0 Å². The Morgan fingerprint density at radius 2 is 2.07 bits per heavy atom. The lowest BCUT2D eigenvalue weighted by molar-refractivity contribution is -0.119. The molecule has 1 heterocycles. The van der Waals surface area contributed by atoms with E-state index in [0.29, 0.717) is 16.2 Å². The van der Waals surface area contributed by atoms with Crippen LogP contribution in [0.4, 0.5) is 10.5 Å². The first-order chi connectivity index (χ1) is 7.16. The van der Waals surface area contributed by atoms with E-state index in [1.165, 1.54) is 0 Å². The van der Waals surface area contributed by atoms with Crippen molar-refractivity contribution in [1.29, 1.82) is 0 Å². The smallest absolute Gasteiger partial charge is 0.418 e. The van der Waals surface area contributed by atoms with Crippen molar-refractivity contribution in [2.45, 2.75) is 5.92 Å². The molecule has 0 fully saturated rings. The van der Waals surface area contributed by atoms with Gasteiger partial charge in [0.25, 0.3) is 0 Å². The Morgan fingerprint density at radius 3 is 2.67 bits per heavy atom. The normalized spacial score (nSPS) is 19.1. The van der Waals surface area contributed by atoms with Crippen LogP contribution in [0.15, 0.2) is 24.3 Å². The lowest BCUT2D eigenvalue weighted by Gasteiger charge is -2.10. The van der Waals surface area contributed by atoms with E-state index >= 15 is 0 Å². The number of imide groups is 1. The van der Waals surface area contributed by atoms with Gasteiger partial charge >= 0.3 is 6.09 Å². The van der Waals surface area contributed by atoms with E-state index in [-0.39, 0.29) is 6.61 Å². The lowest BCUT2D eigenvalue weighted by atomic mass is 10.0. The molecule has 1 aliphatic rings. The summed E-state index contributed by atoms with van der Waals surface area (Å²) in [4.78, 5) is 23.2. The molecule has 0 saturated heterocycles. The molecule has 15 heavy (non-hydrogen) atoms. The number of anilines is 1. The summed E-state index contributed by atoms with van der Waals surface area (Å²) in [6.07, 6.45) is -1.32. The van der Waals surface area contributed by atoms with E-state index in [2.05, 4.69) is 0 Å². The molecule has 0 radical (unpaired) electrons. The van der Waals surface area contributed by atoms with Crippen LogP contribution in [0.1, 0.15) is 11.5 Å². The fraction of sp³-hybridized carbons (Fsp3) is 0.200. The zero-order chi connectivity index (χ0) is 11.0. The maximum atomic E-state index is 11.6. The van der Waals surface area contributed by atoms with Crippen molar-refractivity contribution in [3.63, 3.8) is 0 Å². The van der Waals surface area contributed by atoms with Crippen molar-refractivity contribution < 1.29 is 19.8 Å². The third kappa shape index (κ3) is 1.28. The SMILES string of the molecule is O=C(O)N1C(=O)C(CO)c2ccccc21. The van der Waals surface area contributed by atoms with Crippen molar-refractivity contribution in [1.82, 2.24) is 0 Å². The second kappa shape index (κ2) is 3.36. The number of fused-ring (bicyclic) bond motifs is 1. The number of carbonyl (C=O) groups is 2. The van der Waals surface area contributed by atoms with E-state index in [1.54, 1.807) is 24.3 Å². The van der Waals surface area contributed by atoms with Gasteiger partial charge in [-0.1, -0.05) is 18.2 Å². The number of carboxylic acid groups (broad SMARTS) is 1. The minimum atomic E-state index is -1.32. The average Bonchev–Trinajstić information content (AvgIpc) is 2.49. The summed E-state index contributed by atoms with van der Waals surface area (Å²) < 4.78 is 0. The summed E-state index contributed by atoms with van der Waals surface area (Å²) >= 11 is 0. The van der Waals surface area contributed by atoms with Gasteiger partial charge < -0.3 is 10.2 Å². The van der Waals surface area contributed by atoms with Crippen LogP contribution < -0.4 is 4.90 Å². The maximum absolute atomic E-state index is 11.6. The Bertz CT molecular complexity index is 429. The zero-order valence-corrected chi connectivity index (χ0v) is 7.75. The standard InChI is InChI=1S/C10H9NO4/c12-5-7-6-3-1-2-4-8(6)11(9(7)13)10(14)15/h1-4,7,12H,5H2,(H,14,15). The molecule has 0 aromatic heterocycles. The number of carbonyl (C=O) groups excluding carboxylic acids is 1. The molecule has 2 rings (SSSR count). The molecule has 5 nitrogen and oxygen atoms in total. The third-order valence-corrected chi connectivity index (χ3v) is 2.45. The van der Waals surface area contributed by atoms with Gasteiger partial charge in [-0.2, -0.15) is 0 Å². The number of hydrogen-bond acceptors (Lipinski definition) is 3. The second-order valence-electron chi connectivity index (χ2n) is 3.25. The monoisotopic (exact) mass is 207 g/mol. The summed E-state index contributed by atoms with van der Waals surface area (Å²) in [5.41, 5.74) is 0.904. The molecule has 1 unspecified atom stereocenters. The van der Waals surface area contributed by atoms with E-state index in [1.807, 2.05) is 0 Å². The molecule has 1 atom stereocenters. The zero-order valence-electron chi connectivity index (χ0n) is 7.75. The number of nitrogens with zero attached hydrogens (tertiary/aromatic N) is 1. The predicted octanol–water partition coefficient (Wildman–Crippen LogP) is 0.787. The fourth-order valence-electron chi connectivity index (χ4n) is 1.77. The number of rotatable bonds is 1. The molecular weight excluding hydrogens is 198 g/mol. The van der Waals surface area contributed by atoms with E-state index < -0.39 is 17.9 Å². The first-order valence-electron chi connectivity index (χ1n) is 4.43. The number of para-hydroxylation sites is 1. The van der Waals surface area contributed by atoms with Gasteiger partial charge in [0.05, 0.1) is 18.2 Å². The number of aliphatic hydroxyl groups is 1. The third-order valence-electron chi connectivity index (χ3n) is 2.45. The van der Waals surface area contributed by atoms with Crippen LogP contribution in [0.2, 0.25) is 0 Å². The Labute approximate surface area is 85.6 Å². The van der Waals surface area contributed by atoms with Crippen LogP contribution in [0.25, 0.3) is 0 Å². The van der Waals surface area contributed by atoms with E-state index in [4.69, 9.17) is 10.2 Å². The van der Waals surface area contributed by atoms with Crippen LogP contribution in [0.3, 0.4) is 0 Å². The number of hydrogen-bond donors (Lipinski definition) is 2. The summed E-state index contributed by atoms with van der Waals surface area (Å²) in [6, 6.07) is 6.57. The van der Waals surface area contributed by atoms with Gasteiger partial charge in [-0.05, 0) is 11.6 Å². The van der Waals surface area contributed by atoms with E-state index in [0.717, 1.165) is 0 Å². The Kier molecular flexibility index (Phi) is 2.17. The van der Waals surface area contributed by atoms with Crippen LogP contribution in [0, 0.1) is 0 Å². The molecule has 1 aliphatic heterocycles. The van der Waals surface area contributed by atoms with Crippen LogP contribution in [-0.4, -0.2) is 28.8 Å². The van der Waals surface area contributed by atoms with Gasteiger partial charge in [0, 0.05) is 0 Å². The quantitative estimate of drug-likeness (QED) is 0.713. The lowest BCUT2D eigenvalue weighted by Crippen LogP contribution is -2.34. The molecule has 78 valence electrons. The summed E-state index contributed by atoms with van der Waals surface area (Å²) in [7, 11) is 0. The van der Waals surface area contributed by atoms with Crippen molar-refractivity contribution in [2.24, 2.45) is 0 Å². The molecule has 5 heteroatoms. The summed E-state index contributed by atoms with van der Waals surface area (Å²) in [6.45, 7) is -0.375. The molecule has 2 amide bonds. The van der Waals surface area contributed by atoms with Crippen molar-refractivity contribution in [2.75, 3.05) is 11.5 Å². The topological polar surface area (TPSA) is 77.8 Å². The van der Waals surface area contributed by atoms with Gasteiger partial charge in [0.2, 0.25) is 5.91 Å². The highest BCUT2D eigenvalue weighted by Gasteiger charge is 2.40. The molecule has 1 aromatic rings. The molecule has 1 aromatic carbocycles. The fourth-order valence-corrected chi connectivity index (χ4v) is 1.77. The van der Waals surface area contributed by atoms with Crippen LogP contribution in [0.5, 0.6) is 0 Å². The first kappa shape index (κ1) is 9.67. The minimum absolute atomic E-state index is 0.342. The highest BCUT2D eigenvalue weighted by Crippen LogP contribution is 2.36. The number of amides is 2. The van der Waals surface area contributed by atoms with Gasteiger partial charge in [-0.3, -0.25) is 4.79 Å². The molecule has 0 bridgehead atoms. The minimum Gasteiger partial charge on any atom is -0.464 e. The largest absolute Gasteiger partial charge is 0.464 e. The van der Waals surface area contributed by atoms with Crippen molar-refractivity contribution in [3.8, 4) is 0 Å². The molecule has 0 saturated carbocycles. The number of benzene rings is 1. The van der Waals surface area contributed by atoms with Crippen molar-refractivity contribution in [3.05, 3.63) is 29.8 Å². The van der Waals surface area contributed by atoms with Crippen molar-refractivity contribution >= 4 is 17.7 Å². The molecule has 0 spiro atoms. The number of aliphatic hydroxyl groups excluding tert-OH is 1. The van der Waals surface area contributed by atoms with Gasteiger partial charge in [-0.25, -0.2) is 9.69 Å². The Hall–Kier alpha value is -1.88.